The quantitative estimate of drug-likeness (QED) is 0.747. The highest BCUT2D eigenvalue weighted by molar-refractivity contribution is 6.39. The van der Waals surface area contributed by atoms with Gasteiger partial charge >= 0.3 is 11.8 Å². The first kappa shape index (κ1) is 20.9. The van der Waals surface area contributed by atoms with Crippen molar-refractivity contribution in [2.45, 2.75) is 13.0 Å². The summed E-state index contributed by atoms with van der Waals surface area (Å²) in [5, 5.41) is 5.14. The number of carbonyl (C=O) groups excluding carboxylic acids is 2. The van der Waals surface area contributed by atoms with Gasteiger partial charge in [-0.2, -0.15) is 0 Å². The van der Waals surface area contributed by atoms with Gasteiger partial charge in [-0.05, 0) is 43.3 Å². The number of piperazine rings is 1. The Hall–Kier alpha value is -2.84. The second-order valence-electron chi connectivity index (χ2n) is 7.27. The number of aromatic nitrogens is 1. The van der Waals surface area contributed by atoms with Crippen molar-refractivity contribution in [2.75, 3.05) is 45.1 Å². The number of halogens is 1. The van der Waals surface area contributed by atoms with Crippen molar-refractivity contribution >= 4 is 17.5 Å². The summed E-state index contributed by atoms with van der Waals surface area (Å²) in [6, 6.07) is 8.06. The smallest absolute Gasteiger partial charge is 0.313 e. The maximum atomic E-state index is 13.6. The molecule has 7 nitrogen and oxygen atoms in total. The lowest BCUT2D eigenvalue weighted by atomic mass is 10.1. The summed E-state index contributed by atoms with van der Waals surface area (Å²) in [5.41, 5.74) is 1.70. The molecule has 2 aromatic rings. The zero-order valence-electron chi connectivity index (χ0n) is 16.7. The molecule has 0 unspecified atom stereocenters. The van der Waals surface area contributed by atoms with E-state index in [1.165, 1.54) is 6.07 Å². The second-order valence-corrected chi connectivity index (χ2v) is 7.27. The molecule has 2 N–H and O–H groups in total. The molecule has 29 heavy (non-hydrogen) atoms. The van der Waals surface area contributed by atoms with Crippen LogP contribution in [0.1, 0.15) is 17.2 Å². The van der Waals surface area contributed by atoms with Crippen molar-refractivity contribution in [2.24, 2.45) is 0 Å². The molecule has 3 rings (SSSR count). The van der Waals surface area contributed by atoms with Crippen molar-refractivity contribution in [3.63, 3.8) is 0 Å². The van der Waals surface area contributed by atoms with E-state index < -0.39 is 17.6 Å². The number of nitrogens with one attached hydrogen (secondary N) is 2. The third kappa shape index (κ3) is 5.58. The topological polar surface area (TPSA) is 77.6 Å². The van der Waals surface area contributed by atoms with E-state index in [-0.39, 0.29) is 18.3 Å². The molecule has 0 bridgehead atoms. The normalized spacial score (nSPS) is 16.2. The van der Waals surface area contributed by atoms with E-state index in [0.29, 0.717) is 5.56 Å². The maximum absolute atomic E-state index is 13.6. The molecule has 1 aromatic carbocycles. The molecular weight excluding hydrogens is 373 g/mol. The number of hydrogen-bond acceptors (Lipinski definition) is 5. The number of anilines is 1. The van der Waals surface area contributed by atoms with Gasteiger partial charge in [0.1, 0.15) is 5.82 Å². The Bertz CT molecular complexity index is 853. The summed E-state index contributed by atoms with van der Waals surface area (Å²) in [6.07, 6.45) is 3.49. The average molecular weight is 399 g/mol. The van der Waals surface area contributed by atoms with Crippen molar-refractivity contribution in [1.82, 2.24) is 20.1 Å². The number of hydrogen-bond donors (Lipinski definition) is 2. The second kappa shape index (κ2) is 9.58. The highest BCUT2D eigenvalue weighted by Gasteiger charge is 2.25. The maximum Gasteiger partial charge on any atom is 0.313 e. The lowest BCUT2D eigenvalue weighted by molar-refractivity contribution is -0.136. The zero-order chi connectivity index (χ0) is 20.8. The number of likely N-dealkylation sites (N-methyl/N-ethyl adjacent to an activating group) is 1. The lowest BCUT2D eigenvalue weighted by Crippen LogP contribution is -2.49. The van der Waals surface area contributed by atoms with Crippen LogP contribution in [-0.4, -0.2) is 66.4 Å². The highest BCUT2D eigenvalue weighted by atomic mass is 19.1. The van der Waals surface area contributed by atoms with Crippen LogP contribution < -0.4 is 10.6 Å². The number of pyridine rings is 1. The zero-order valence-corrected chi connectivity index (χ0v) is 16.7. The molecule has 2 amide bonds. The predicted octanol–water partition coefficient (Wildman–Crippen LogP) is 1.57. The number of aryl methyl sites for hydroxylation is 1. The lowest BCUT2D eigenvalue weighted by Gasteiger charge is -2.38. The van der Waals surface area contributed by atoms with Crippen LogP contribution in [-0.2, 0) is 9.59 Å². The Kier molecular flexibility index (Phi) is 6.90. The van der Waals surface area contributed by atoms with E-state index in [4.69, 9.17) is 0 Å². The Labute approximate surface area is 169 Å². The molecule has 0 aliphatic carbocycles. The Morgan fingerprint density at radius 1 is 1.17 bits per heavy atom. The van der Waals surface area contributed by atoms with Gasteiger partial charge in [0.2, 0.25) is 0 Å². The molecule has 1 aromatic heterocycles. The minimum absolute atomic E-state index is 0.0778. The molecule has 1 aliphatic heterocycles. The predicted molar refractivity (Wildman–Crippen MR) is 109 cm³/mol. The number of amides is 2. The van der Waals surface area contributed by atoms with Crippen LogP contribution in [0.3, 0.4) is 0 Å². The molecule has 0 saturated carbocycles. The van der Waals surface area contributed by atoms with Gasteiger partial charge in [-0.1, -0.05) is 12.1 Å². The summed E-state index contributed by atoms with van der Waals surface area (Å²) >= 11 is 0. The fraction of sp³-hybridized carbons (Fsp3) is 0.381. The van der Waals surface area contributed by atoms with Crippen molar-refractivity contribution in [3.8, 4) is 0 Å². The van der Waals surface area contributed by atoms with E-state index in [1.54, 1.807) is 31.5 Å². The van der Waals surface area contributed by atoms with Crippen LogP contribution in [0.25, 0.3) is 0 Å². The third-order valence-electron chi connectivity index (χ3n) is 5.14. The van der Waals surface area contributed by atoms with Crippen LogP contribution in [0.2, 0.25) is 0 Å². The molecule has 0 spiro atoms. The fourth-order valence-electron chi connectivity index (χ4n) is 3.29. The molecule has 8 heteroatoms. The summed E-state index contributed by atoms with van der Waals surface area (Å²) in [4.78, 5) is 33.2. The Morgan fingerprint density at radius 2 is 1.93 bits per heavy atom. The number of nitrogens with zero attached hydrogens (tertiary/aromatic N) is 3. The first-order valence-electron chi connectivity index (χ1n) is 9.62. The molecular formula is C21H26FN5O2. The Morgan fingerprint density at radius 3 is 2.59 bits per heavy atom. The summed E-state index contributed by atoms with van der Waals surface area (Å²) in [5.74, 6) is -2.01. The average Bonchev–Trinajstić information content (AvgIpc) is 2.72. The number of rotatable bonds is 5. The molecule has 1 fully saturated rings. The Balaban J connectivity index is 1.62. The van der Waals surface area contributed by atoms with E-state index in [0.717, 1.165) is 31.7 Å². The van der Waals surface area contributed by atoms with Crippen LogP contribution in [0.15, 0.2) is 42.7 Å². The molecule has 1 atom stereocenters. The third-order valence-corrected chi connectivity index (χ3v) is 5.14. The van der Waals surface area contributed by atoms with Crippen molar-refractivity contribution in [3.05, 3.63) is 59.7 Å². The minimum Gasteiger partial charge on any atom is -0.346 e. The molecule has 0 radical (unpaired) electrons. The van der Waals surface area contributed by atoms with Gasteiger partial charge in [-0.3, -0.25) is 19.5 Å². The van der Waals surface area contributed by atoms with Gasteiger partial charge in [-0.15, -0.1) is 0 Å². The van der Waals surface area contributed by atoms with E-state index >= 15 is 0 Å². The monoisotopic (exact) mass is 399 g/mol. The summed E-state index contributed by atoms with van der Waals surface area (Å²) in [6.45, 7) is 5.50. The van der Waals surface area contributed by atoms with Gasteiger partial charge in [0.15, 0.2) is 0 Å². The summed E-state index contributed by atoms with van der Waals surface area (Å²) < 4.78 is 13.6. The van der Waals surface area contributed by atoms with Crippen LogP contribution >= 0.6 is 0 Å². The van der Waals surface area contributed by atoms with Gasteiger partial charge in [0.05, 0.1) is 6.04 Å². The number of benzene rings is 1. The van der Waals surface area contributed by atoms with Crippen molar-refractivity contribution < 1.29 is 14.0 Å². The largest absolute Gasteiger partial charge is 0.346 e. The SMILES string of the molecule is Cc1ccc(NC(=O)C(=O)NC[C@H](c2cccnc2)N2CCN(C)CC2)cc1F. The van der Waals surface area contributed by atoms with Gasteiger partial charge in [0, 0.05) is 50.8 Å². The molecule has 1 aliphatic rings. The molecule has 1 saturated heterocycles. The van der Waals surface area contributed by atoms with Crippen LogP contribution in [0.4, 0.5) is 10.1 Å². The standard InChI is InChI=1S/C21H26FN5O2/c1-15-5-6-17(12-18(15)22)25-21(29)20(28)24-14-19(16-4-3-7-23-13-16)27-10-8-26(2)9-11-27/h3-7,12-13,19H,8-11,14H2,1-2H3,(H,24,28)(H,25,29)/t19-/m1/s1. The highest BCUT2D eigenvalue weighted by Crippen LogP contribution is 2.21. The fourth-order valence-corrected chi connectivity index (χ4v) is 3.29. The minimum atomic E-state index is -0.823. The van der Waals surface area contributed by atoms with Crippen LogP contribution in [0, 0.1) is 12.7 Å². The van der Waals surface area contributed by atoms with Gasteiger partial charge in [-0.25, -0.2) is 4.39 Å². The number of carbonyl (C=O) groups is 2. The molecule has 2 heterocycles. The van der Waals surface area contributed by atoms with E-state index in [1.807, 2.05) is 12.1 Å². The van der Waals surface area contributed by atoms with Crippen molar-refractivity contribution in [1.29, 1.82) is 0 Å². The first-order valence-corrected chi connectivity index (χ1v) is 9.62. The van der Waals surface area contributed by atoms with Crippen LogP contribution in [0.5, 0.6) is 0 Å². The molecule has 154 valence electrons. The van der Waals surface area contributed by atoms with Gasteiger partial charge < -0.3 is 15.5 Å². The summed E-state index contributed by atoms with van der Waals surface area (Å²) in [7, 11) is 2.08. The van der Waals surface area contributed by atoms with E-state index in [2.05, 4.69) is 32.5 Å². The van der Waals surface area contributed by atoms with E-state index in [9.17, 15) is 14.0 Å². The first-order chi connectivity index (χ1) is 13.9. The van der Waals surface area contributed by atoms with Gasteiger partial charge in [0.25, 0.3) is 0 Å².